The second-order valence-corrected chi connectivity index (χ2v) is 4.75. The average molecular weight is 304 g/mol. The second kappa shape index (κ2) is 5.46. The molecule has 0 radical (unpaired) electrons. The first-order chi connectivity index (χ1) is 9.34. The van der Waals surface area contributed by atoms with E-state index in [0.29, 0.717) is 16.3 Å². The molecular formula is C13H13ClF3N3. The fraction of sp³-hybridized carbons (Fsp3) is 0.308. The fourth-order valence-corrected chi connectivity index (χ4v) is 2.35. The smallest absolute Gasteiger partial charge is 0.308 e. The van der Waals surface area contributed by atoms with Crippen LogP contribution in [-0.2, 0) is 13.2 Å². The van der Waals surface area contributed by atoms with E-state index < -0.39 is 11.7 Å². The lowest BCUT2D eigenvalue weighted by atomic mass is 10.0. The molecular weight excluding hydrogens is 291 g/mol. The van der Waals surface area contributed by atoms with Gasteiger partial charge >= 0.3 is 6.18 Å². The van der Waals surface area contributed by atoms with Gasteiger partial charge in [-0.2, -0.15) is 18.3 Å². The third-order valence-electron chi connectivity index (χ3n) is 3.07. The molecule has 0 spiro atoms. The summed E-state index contributed by atoms with van der Waals surface area (Å²) in [5.41, 5.74) is 0.715. The molecule has 0 aliphatic heterocycles. The van der Waals surface area contributed by atoms with Gasteiger partial charge in [-0.1, -0.05) is 23.7 Å². The summed E-state index contributed by atoms with van der Waals surface area (Å²) in [6, 6.07) is 4.67. The topological polar surface area (TPSA) is 29.9 Å². The highest BCUT2D eigenvalue weighted by Gasteiger charge is 2.30. The van der Waals surface area contributed by atoms with E-state index in [4.69, 9.17) is 11.6 Å². The van der Waals surface area contributed by atoms with Crippen molar-refractivity contribution in [3.05, 3.63) is 52.3 Å². The Hall–Kier alpha value is -1.53. The highest BCUT2D eigenvalue weighted by Crippen LogP contribution is 2.32. The molecule has 0 aliphatic rings. The van der Waals surface area contributed by atoms with Crippen molar-refractivity contribution in [3.8, 4) is 0 Å². The average Bonchev–Trinajstić information content (AvgIpc) is 2.71. The summed E-state index contributed by atoms with van der Waals surface area (Å²) >= 11 is 6.07. The maximum Gasteiger partial charge on any atom is 0.416 e. The highest BCUT2D eigenvalue weighted by atomic mass is 35.5. The largest absolute Gasteiger partial charge is 0.416 e. The van der Waals surface area contributed by atoms with Crippen molar-refractivity contribution in [1.29, 1.82) is 0 Å². The van der Waals surface area contributed by atoms with Gasteiger partial charge in [-0.3, -0.25) is 4.68 Å². The molecule has 2 rings (SSSR count). The van der Waals surface area contributed by atoms with E-state index in [1.807, 2.05) is 0 Å². The zero-order valence-electron chi connectivity index (χ0n) is 10.9. The molecule has 1 aromatic heterocycles. The first-order valence-electron chi connectivity index (χ1n) is 5.86. The molecule has 3 nitrogen and oxygen atoms in total. The summed E-state index contributed by atoms with van der Waals surface area (Å²) in [6.07, 6.45) is -2.83. The molecule has 1 aromatic carbocycles. The Morgan fingerprint density at radius 2 is 1.85 bits per heavy atom. The molecule has 0 amide bonds. The van der Waals surface area contributed by atoms with Crippen LogP contribution in [-0.4, -0.2) is 16.8 Å². The SMILES string of the molecule is CNC(c1ccc(C(F)(F)F)cc1)c1c(Cl)cnn1C. The number of rotatable bonds is 3. The predicted octanol–water partition coefficient (Wildman–Crippen LogP) is 3.40. The molecule has 20 heavy (non-hydrogen) atoms. The molecule has 1 heterocycles. The molecule has 1 unspecified atom stereocenters. The molecule has 0 fully saturated rings. The Morgan fingerprint density at radius 1 is 1.25 bits per heavy atom. The molecule has 1 atom stereocenters. The number of nitrogens with zero attached hydrogens (tertiary/aromatic N) is 2. The van der Waals surface area contributed by atoms with Gasteiger partial charge in [0.1, 0.15) is 0 Å². The van der Waals surface area contributed by atoms with E-state index in [1.54, 1.807) is 18.8 Å². The van der Waals surface area contributed by atoms with Crippen molar-refractivity contribution < 1.29 is 13.2 Å². The summed E-state index contributed by atoms with van der Waals surface area (Å²) < 4.78 is 39.3. The van der Waals surface area contributed by atoms with Crippen LogP contribution in [0.1, 0.15) is 22.9 Å². The van der Waals surface area contributed by atoms with E-state index in [2.05, 4.69) is 10.4 Å². The molecule has 0 saturated carbocycles. The summed E-state index contributed by atoms with van der Waals surface area (Å²) in [5, 5.41) is 7.53. The Balaban J connectivity index is 2.38. The lowest BCUT2D eigenvalue weighted by Crippen LogP contribution is -2.21. The summed E-state index contributed by atoms with van der Waals surface area (Å²) in [6.45, 7) is 0. The van der Waals surface area contributed by atoms with Crippen LogP contribution in [0.25, 0.3) is 0 Å². The highest BCUT2D eigenvalue weighted by molar-refractivity contribution is 6.31. The number of benzene rings is 1. The van der Waals surface area contributed by atoms with Crippen LogP contribution >= 0.6 is 11.6 Å². The van der Waals surface area contributed by atoms with Crippen molar-refractivity contribution in [2.45, 2.75) is 12.2 Å². The number of halogens is 4. The Kier molecular flexibility index (Phi) is 4.06. The second-order valence-electron chi connectivity index (χ2n) is 4.34. The van der Waals surface area contributed by atoms with Crippen molar-refractivity contribution in [3.63, 3.8) is 0 Å². The molecule has 2 aromatic rings. The van der Waals surface area contributed by atoms with E-state index >= 15 is 0 Å². The number of hydrogen-bond donors (Lipinski definition) is 1. The van der Waals surface area contributed by atoms with Gasteiger partial charge in [0, 0.05) is 7.05 Å². The van der Waals surface area contributed by atoms with Crippen LogP contribution in [0.2, 0.25) is 5.02 Å². The van der Waals surface area contributed by atoms with Crippen molar-refractivity contribution in [1.82, 2.24) is 15.1 Å². The quantitative estimate of drug-likeness (QED) is 0.942. The minimum absolute atomic E-state index is 0.322. The van der Waals surface area contributed by atoms with Crippen molar-refractivity contribution in [2.24, 2.45) is 7.05 Å². The van der Waals surface area contributed by atoms with Crippen LogP contribution in [0.5, 0.6) is 0 Å². The Morgan fingerprint density at radius 3 is 2.25 bits per heavy atom. The third kappa shape index (κ3) is 2.81. The van der Waals surface area contributed by atoms with Gasteiger partial charge in [0.05, 0.1) is 28.5 Å². The van der Waals surface area contributed by atoms with Crippen molar-refractivity contribution in [2.75, 3.05) is 7.05 Å². The molecule has 7 heteroatoms. The monoisotopic (exact) mass is 303 g/mol. The minimum Gasteiger partial charge on any atom is -0.308 e. The Bertz CT molecular complexity index is 570. The predicted molar refractivity (Wildman–Crippen MR) is 70.6 cm³/mol. The van der Waals surface area contributed by atoms with Crippen LogP contribution in [0, 0.1) is 0 Å². The zero-order valence-corrected chi connectivity index (χ0v) is 11.6. The standard InChI is InChI=1S/C13H13ClF3N3/c1-18-11(12-10(14)7-19-20(12)2)8-3-5-9(6-4-8)13(15,16)17/h3-7,11,18H,1-2H3. The zero-order chi connectivity index (χ0) is 14.9. The van der Waals surface area contributed by atoms with Gasteiger partial charge in [0.15, 0.2) is 0 Å². The number of aryl methyl sites for hydroxylation is 1. The third-order valence-corrected chi connectivity index (χ3v) is 3.36. The first-order valence-corrected chi connectivity index (χ1v) is 6.24. The van der Waals surface area contributed by atoms with E-state index in [9.17, 15) is 13.2 Å². The first kappa shape index (κ1) is 14.9. The van der Waals surface area contributed by atoms with E-state index in [0.717, 1.165) is 12.1 Å². The molecule has 1 N–H and O–H groups in total. The summed E-state index contributed by atoms with van der Waals surface area (Å²) in [4.78, 5) is 0. The van der Waals surface area contributed by atoms with Gasteiger partial charge in [0.25, 0.3) is 0 Å². The van der Waals surface area contributed by atoms with Crippen LogP contribution in [0.3, 0.4) is 0 Å². The van der Waals surface area contributed by atoms with E-state index in [1.165, 1.54) is 18.3 Å². The van der Waals surface area contributed by atoms with Gasteiger partial charge in [-0.15, -0.1) is 0 Å². The lowest BCUT2D eigenvalue weighted by Gasteiger charge is -2.18. The molecule has 108 valence electrons. The van der Waals surface area contributed by atoms with Crippen LogP contribution in [0.15, 0.2) is 30.5 Å². The van der Waals surface area contributed by atoms with Crippen LogP contribution in [0.4, 0.5) is 13.2 Å². The summed E-state index contributed by atoms with van der Waals surface area (Å²) in [7, 11) is 3.45. The van der Waals surface area contributed by atoms with Crippen LogP contribution < -0.4 is 5.32 Å². The fourth-order valence-electron chi connectivity index (χ4n) is 2.07. The molecule has 0 bridgehead atoms. The number of aromatic nitrogens is 2. The van der Waals surface area contributed by atoms with E-state index in [-0.39, 0.29) is 6.04 Å². The molecule has 0 saturated heterocycles. The lowest BCUT2D eigenvalue weighted by molar-refractivity contribution is -0.137. The van der Waals surface area contributed by atoms with Gasteiger partial charge in [-0.25, -0.2) is 0 Å². The Labute approximate surface area is 119 Å². The number of alkyl halides is 3. The van der Waals surface area contributed by atoms with Gasteiger partial charge in [0.2, 0.25) is 0 Å². The van der Waals surface area contributed by atoms with Crippen molar-refractivity contribution >= 4 is 11.6 Å². The number of hydrogen-bond acceptors (Lipinski definition) is 2. The van der Waals surface area contributed by atoms with Gasteiger partial charge in [-0.05, 0) is 24.7 Å². The normalized spacial score (nSPS) is 13.5. The molecule has 0 aliphatic carbocycles. The van der Waals surface area contributed by atoms with Gasteiger partial charge < -0.3 is 5.32 Å². The summed E-state index contributed by atoms with van der Waals surface area (Å²) in [5.74, 6) is 0. The maximum absolute atomic E-state index is 12.6. The minimum atomic E-state index is -4.34. The number of nitrogens with one attached hydrogen (secondary N) is 1. The maximum atomic E-state index is 12.6.